The third kappa shape index (κ3) is 2.88. The summed E-state index contributed by atoms with van der Waals surface area (Å²) >= 11 is 0. The second-order valence-electron chi connectivity index (χ2n) is 7.22. The van der Waals surface area contributed by atoms with Gasteiger partial charge in [0.2, 0.25) is 5.91 Å². The van der Waals surface area contributed by atoms with Crippen molar-refractivity contribution < 1.29 is 18.9 Å². The van der Waals surface area contributed by atoms with Crippen LogP contribution >= 0.6 is 0 Å². The summed E-state index contributed by atoms with van der Waals surface area (Å²) in [6.07, 6.45) is 3.17. The minimum Gasteiger partial charge on any atom is -0.341 e. The fourth-order valence-corrected chi connectivity index (χ4v) is 3.90. The van der Waals surface area contributed by atoms with Gasteiger partial charge in [0.05, 0.1) is 18.4 Å². The topological polar surface area (TPSA) is 54.5 Å². The smallest absolute Gasteiger partial charge is 0.324 e. The number of imide groups is 1. The minimum absolute atomic E-state index is 0.00750. The molecule has 1 saturated heterocycles. The van der Waals surface area contributed by atoms with E-state index in [0.29, 0.717) is 19.5 Å². The number of quaternary nitrogens is 1. The van der Waals surface area contributed by atoms with Gasteiger partial charge >= 0.3 is 12.3 Å². The van der Waals surface area contributed by atoms with E-state index in [2.05, 4.69) is 0 Å². The van der Waals surface area contributed by atoms with Crippen molar-refractivity contribution in [1.82, 2.24) is 4.90 Å². The summed E-state index contributed by atoms with van der Waals surface area (Å²) in [5.74, 6) is -0.593. The third-order valence-electron chi connectivity index (χ3n) is 5.60. The van der Waals surface area contributed by atoms with Crippen LogP contribution in [-0.2, 0) is 20.9 Å². The summed E-state index contributed by atoms with van der Waals surface area (Å²) in [7, 11) is 1.78. The third-order valence-corrected chi connectivity index (χ3v) is 5.60. The van der Waals surface area contributed by atoms with Gasteiger partial charge in [0, 0.05) is 26.4 Å². The molecule has 2 fully saturated rings. The molecular formula is C19H25N2O3+. The molecule has 3 rings (SSSR count). The number of amides is 3. The van der Waals surface area contributed by atoms with Crippen LogP contribution in [0.2, 0.25) is 0 Å². The molecule has 128 valence electrons. The Morgan fingerprint density at radius 2 is 1.96 bits per heavy atom. The van der Waals surface area contributed by atoms with E-state index in [0.717, 1.165) is 24.8 Å². The molecule has 1 aromatic rings. The fraction of sp³-hybridized carbons (Fsp3) is 0.526. The van der Waals surface area contributed by atoms with Crippen molar-refractivity contribution >= 4 is 18.2 Å². The first-order valence-electron chi connectivity index (χ1n) is 8.66. The molecule has 1 aromatic carbocycles. The van der Waals surface area contributed by atoms with E-state index in [1.165, 1.54) is 0 Å². The summed E-state index contributed by atoms with van der Waals surface area (Å²) in [5, 5.41) is 0. The van der Waals surface area contributed by atoms with E-state index in [1.807, 2.05) is 37.3 Å². The van der Waals surface area contributed by atoms with Crippen molar-refractivity contribution in [3.8, 4) is 0 Å². The van der Waals surface area contributed by atoms with Crippen LogP contribution in [0.4, 0.5) is 0 Å². The van der Waals surface area contributed by atoms with Crippen LogP contribution in [0.5, 0.6) is 0 Å². The Labute approximate surface area is 142 Å². The Kier molecular flexibility index (Phi) is 4.54. The van der Waals surface area contributed by atoms with Crippen molar-refractivity contribution in [2.24, 2.45) is 11.8 Å². The van der Waals surface area contributed by atoms with Gasteiger partial charge in [-0.2, -0.15) is 4.48 Å². The predicted octanol–water partition coefficient (Wildman–Crippen LogP) is 1.96. The number of carbonyl (C=O) groups is 3. The summed E-state index contributed by atoms with van der Waals surface area (Å²) < 4.78 is -0.0865. The van der Waals surface area contributed by atoms with Crippen LogP contribution in [0, 0.1) is 11.8 Å². The highest BCUT2D eigenvalue weighted by molar-refractivity contribution is 5.91. The first-order chi connectivity index (χ1) is 11.5. The minimum atomic E-state index is -0.290. The number of rotatable bonds is 5. The quantitative estimate of drug-likeness (QED) is 0.613. The molecule has 1 heterocycles. The van der Waals surface area contributed by atoms with E-state index in [9.17, 15) is 14.4 Å². The zero-order chi connectivity index (χ0) is 17.3. The van der Waals surface area contributed by atoms with Gasteiger partial charge in [-0.3, -0.25) is 4.79 Å². The van der Waals surface area contributed by atoms with Crippen molar-refractivity contribution in [1.29, 1.82) is 0 Å². The number of likely N-dealkylation sites (tertiary alicyclic amines) is 1. The standard InChI is InChI=1S/C19H25N2O3/c1-14-7-6-10-21(14,13-22)19(24)17-11-16(17)18(23)20(2)12-15-8-4-3-5-9-15/h3-5,8-9,13-14,16-17H,6-7,10-12H2,1-2H3/q+1/t14-,16?,17?,21?/m1/s1. The second-order valence-corrected chi connectivity index (χ2v) is 7.22. The Bertz CT molecular complexity index is 645. The molecule has 0 radical (unpaired) electrons. The first-order valence-corrected chi connectivity index (χ1v) is 8.66. The van der Waals surface area contributed by atoms with Gasteiger partial charge in [0.25, 0.3) is 0 Å². The van der Waals surface area contributed by atoms with Gasteiger partial charge in [-0.05, 0) is 18.9 Å². The molecule has 3 amide bonds. The lowest BCUT2D eigenvalue weighted by Crippen LogP contribution is -2.55. The summed E-state index contributed by atoms with van der Waals surface area (Å²) in [6.45, 7) is 3.09. The van der Waals surface area contributed by atoms with E-state index in [4.69, 9.17) is 0 Å². The van der Waals surface area contributed by atoms with Crippen LogP contribution in [0.3, 0.4) is 0 Å². The normalized spacial score (nSPS) is 31.5. The van der Waals surface area contributed by atoms with E-state index >= 15 is 0 Å². The maximum Gasteiger partial charge on any atom is 0.324 e. The van der Waals surface area contributed by atoms with Gasteiger partial charge in [0.1, 0.15) is 6.04 Å². The maximum absolute atomic E-state index is 12.8. The largest absolute Gasteiger partial charge is 0.341 e. The molecule has 5 heteroatoms. The molecule has 4 atom stereocenters. The van der Waals surface area contributed by atoms with Crippen molar-refractivity contribution in [3.05, 3.63) is 35.9 Å². The Hall–Kier alpha value is -2.01. The number of hydrogen-bond acceptors (Lipinski definition) is 3. The van der Waals surface area contributed by atoms with Gasteiger partial charge < -0.3 is 4.90 Å². The van der Waals surface area contributed by atoms with E-state index in [1.54, 1.807) is 11.9 Å². The maximum atomic E-state index is 12.8. The SMILES string of the molecule is C[C@@H]1CCC[N+]1(C=O)C(=O)C1CC1C(=O)N(C)Cc1ccccc1. The van der Waals surface area contributed by atoms with Crippen LogP contribution < -0.4 is 0 Å². The molecule has 0 aromatic heterocycles. The molecule has 1 saturated carbocycles. The van der Waals surface area contributed by atoms with Gasteiger partial charge in [-0.25, -0.2) is 9.59 Å². The summed E-state index contributed by atoms with van der Waals surface area (Å²) in [5.41, 5.74) is 1.07. The van der Waals surface area contributed by atoms with Crippen molar-refractivity contribution in [3.63, 3.8) is 0 Å². The summed E-state index contributed by atoms with van der Waals surface area (Å²) in [4.78, 5) is 38.7. The molecule has 3 unspecified atom stereocenters. The zero-order valence-electron chi connectivity index (χ0n) is 14.4. The molecule has 24 heavy (non-hydrogen) atoms. The molecule has 0 spiro atoms. The number of nitrogens with zero attached hydrogens (tertiary/aromatic N) is 2. The second kappa shape index (κ2) is 6.48. The van der Waals surface area contributed by atoms with E-state index in [-0.39, 0.29) is 34.2 Å². The lowest BCUT2D eigenvalue weighted by atomic mass is 10.1. The van der Waals surface area contributed by atoms with Crippen LogP contribution in [-0.4, -0.2) is 47.2 Å². The highest BCUT2D eigenvalue weighted by Crippen LogP contribution is 2.44. The number of hydrogen-bond donors (Lipinski definition) is 0. The van der Waals surface area contributed by atoms with Gasteiger partial charge in [0.15, 0.2) is 0 Å². The highest BCUT2D eigenvalue weighted by atomic mass is 16.2. The molecule has 5 nitrogen and oxygen atoms in total. The number of carbonyl (C=O) groups excluding carboxylic acids is 3. The van der Waals surface area contributed by atoms with Crippen LogP contribution in [0.25, 0.3) is 0 Å². The van der Waals surface area contributed by atoms with Gasteiger partial charge in [-0.15, -0.1) is 0 Å². The van der Waals surface area contributed by atoms with Crippen LogP contribution in [0.1, 0.15) is 31.7 Å². The lowest BCUT2D eigenvalue weighted by Gasteiger charge is -2.29. The first kappa shape index (κ1) is 16.8. The monoisotopic (exact) mass is 329 g/mol. The Morgan fingerprint density at radius 1 is 1.25 bits per heavy atom. The summed E-state index contributed by atoms with van der Waals surface area (Å²) in [6, 6.07) is 9.84. The zero-order valence-corrected chi connectivity index (χ0v) is 14.4. The number of benzene rings is 1. The molecule has 2 aliphatic rings. The molecule has 1 aliphatic carbocycles. The average molecular weight is 329 g/mol. The van der Waals surface area contributed by atoms with E-state index < -0.39 is 0 Å². The highest BCUT2D eigenvalue weighted by Gasteiger charge is 2.59. The molecule has 0 bridgehead atoms. The fourth-order valence-electron chi connectivity index (χ4n) is 3.90. The van der Waals surface area contributed by atoms with Crippen molar-refractivity contribution in [2.45, 2.75) is 38.8 Å². The molecule has 1 aliphatic heterocycles. The Morgan fingerprint density at radius 3 is 2.54 bits per heavy atom. The average Bonchev–Trinajstić information content (AvgIpc) is 3.30. The van der Waals surface area contributed by atoms with Crippen LogP contribution in [0.15, 0.2) is 30.3 Å². The molecule has 0 N–H and O–H groups in total. The predicted molar refractivity (Wildman–Crippen MR) is 89.4 cm³/mol. The van der Waals surface area contributed by atoms with Crippen molar-refractivity contribution in [2.75, 3.05) is 13.6 Å². The lowest BCUT2D eigenvalue weighted by molar-refractivity contribution is -0.781. The molecular weight excluding hydrogens is 304 g/mol. The Balaban J connectivity index is 1.63. The van der Waals surface area contributed by atoms with Gasteiger partial charge in [-0.1, -0.05) is 30.3 Å².